The zero-order valence-electron chi connectivity index (χ0n) is 12.6. The van der Waals surface area contributed by atoms with Crippen molar-refractivity contribution in [2.75, 3.05) is 19.6 Å². The first-order valence-corrected chi connectivity index (χ1v) is 8.76. The van der Waals surface area contributed by atoms with Crippen LogP contribution in [0.1, 0.15) is 38.7 Å². The van der Waals surface area contributed by atoms with E-state index in [0.29, 0.717) is 13.1 Å². The Balaban J connectivity index is 2.46. The molecule has 0 aliphatic heterocycles. The summed E-state index contributed by atoms with van der Waals surface area (Å²) in [6.07, 6.45) is 1.01. The van der Waals surface area contributed by atoms with E-state index >= 15 is 0 Å². The van der Waals surface area contributed by atoms with E-state index in [9.17, 15) is 8.42 Å². The van der Waals surface area contributed by atoms with Crippen LogP contribution in [0.2, 0.25) is 0 Å². The van der Waals surface area contributed by atoms with Crippen molar-refractivity contribution in [1.82, 2.24) is 10.0 Å². The quantitative estimate of drug-likeness (QED) is 0.686. The van der Waals surface area contributed by atoms with Crippen LogP contribution >= 0.6 is 0 Å². The lowest BCUT2D eigenvalue weighted by molar-refractivity contribution is 0.552. The van der Waals surface area contributed by atoms with E-state index in [4.69, 9.17) is 0 Å². The molecular formula is C15H26N2O2S. The van der Waals surface area contributed by atoms with Crippen molar-refractivity contribution in [3.8, 4) is 0 Å². The smallest absolute Gasteiger partial charge is 0.215 e. The first-order valence-electron chi connectivity index (χ1n) is 7.21. The zero-order valence-corrected chi connectivity index (χ0v) is 13.4. The molecule has 0 aliphatic carbocycles. The number of hydrogen-bond acceptors (Lipinski definition) is 3. The molecule has 1 aromatic rings. The van der Waals surface area contributed by atoms with E-state index in [1.165, 1.54) is 0 Å². The van der Waals surface area contributed by atoms with Gasteiger partial charge in [-0.05, 0) is 31.4 Å². The molecule has 2 N–H and O–H groups in total. The van der Waals surface area contributed by atoms with Gasteiger partial charge in [0.15, 0.2) is 0 Å². The molecule has 2 unspecified atom stereocenters. The highest BCUT2D eigenvalue weighted by molar-refractivity contribution is 7.90. The van der Waals surface area contributed by atoms with Crippen molar-refractivity contribution in [1.29, 1.82) is 0 Å². The Hall–Kier alpha value is -0.910. The summed E-state index contributed by atoms with van der Waals surface area (Å²) in [4.78, 5) is 0. The standard InChI is InChI=1S/C15H26N2O2S/c1-4-10-16-12-14(3)20(18,19)17-11-13(2)15-8-6-5-7-9-15/h5-9,13-14,16-17H,4,10-12H2,1-3H3. The van der Waals surface area contributed by atoms with Gasteiger partial charge in [0.25, 0.3) is 0 Å². The minimum Gasteiger partial charge on any atom is -0.315 e. The van der Waals surface area contributed by atoms with Gasteiger partial charge in [-0.25, -0.2) is 13.1 Å². The molecule has 2 atom stereocenters. The van der Waals surface area contributed by atoms with Gasteiger partial charge in [0.05, 0.1) is 5.25 Å². The summed E-state index contributed by atoms with van der Waals surface area (Å²) in [5.74, 6) is 0.168. The van der Waals surface area contributed by atoms with Crippen LogP contribution in [-0.2, 0) is 10.0 Å². The Morgan fingerprint density at radius 1 is 1.10 bits per heavy atom. The van der Waals surface area contributed by atoms with Gasteiger partial charge in [-0.2, -0.15) is 0 Å². The number of rotatable bonds is 9. The van der Waals surface area contributed by atoms with Gasteiger partial charge >= 0.3 is 0 Å². The van der Waals surface area contributed by atoms with E-state index in [-0.39, 0.29) is 5.92 Å². The molecule has 0 fully saturated rings. The topological polar surface area (TPSA) is 58.2 Å². The van der Waals surface area contributed by atoms with E-state index < -0.39 is 15.3 Å². The third-order valence-corrected chi connectivity index (χ3v) is 5.14. The molecule has 114 valence electrons. The van der Waals surface area contributed by atoms with Crippen LogP contribution in [0.4, 0.5) is 0 Å². The molecule has 0 aromatic heterocycles. The fraction of sp³-hybridized carbons (Fsp3) is 0.600. The van der Waals surface area contributed by atoms with Crippen LogP contribution in [0, 0.1) is 0 Å². The van der Waals surface area contributed by atoms with Gasteiger partial charge in [0.2, 0.25) is 10.0 Å². The number of hydrogen-bond donors (Lipinski definition) is 2. The summed E-state index contributed by atoms with van der Waals surface area (Å²) in [5.41, 5.74) is 1.15. The lowest BCUT2D eigenvalue weighted by atomic mass is 10.0. The van der Waals surface area contributed by atoms with E-state index in [2.05, 4.69) is 17.0 Å². The van der Waals surface area contributed by atoms with Crippen molar-refractivity contribution in [2.45, 2.75) is 38.4 Å². The largest absolute Gasteiger partial charge is 0.315 e. The highest BCUT2D eigenvalue weighted by Gasteiger charge is 2.20. The summed E-state index contributed by atoms with van der Waals surface area (Å²) in [5, 5.41) is 2.72. The fourth-order valence-electron chi connectivity index (χ4n) is 1.87. The molecule has 1 rings (SSSR count). The predicted octanol–water partition coefficient (Wildman–Crippen LogP) is 2.10. The molecule has 20 heavy (non-hydrogen) atoms. The normalized spacial score (nSPS) is 14.9. The van der Waals surface area contributed by atoms with Crippen molar-refractivity contribution in [3.05, 3.63) is 35.9 Å². The Morgan fingerprint density at radius 2 is 1.75 bits per heavy atom. The minimum absolute atomic E-state index is 0.168. The molecule has 1 aromatic carbocycles. The Bertz CT molecular complexity index is 474. The molecule has 0 saturated heterocycles. The van der Waals surface area contributed by atoms with Crippen molar-refractivity contribution in [2.24, 2.45) is 0 Å². The SMILES string of the molecule is CCCNCC(C)S(=O)(=O)NCC(C)c1ccccc1. The van der Waals surface area contributed by atoms with Crippen LogP contribution in [0.15, 0.2) is 30.3 Å². The van der Waals surface area contributed by atoms with Crippen molar-refractivity contribution < 1.29 is 8.42 Å². The summed E-state index contributed by atoms with van der Waals surface area (Å²) < 4.78 is 26.9. The van der Waals surface area contributed by atoms with Gasteiger partial charge in [0.1, 0.15) is 0 Å². The lowest BCUT2D eigenvalue weighted by Crippen LogP contribution is -2.40. The van der Waals surface area contributed by atoms with Gasteiger partial charge in [-0.1, -0.05) is 44.2 Å². The molecule has 0 spiro atoms. The van der Waals surface area contributed by atoms with E-state index in [1.807, 2.05) is 37.3 Å². The second-order valence-electron chi connectivity index (χ2n) is 5.22. The maximum atomic E-state index is 12.1. The highest BCUT2D eigenvalue weighted by atomic mass is 32.2. The maximum absolute atomic E-state index is 12.1. The van der Waals surface area contributed by atoms with Crippen molar-refractivity contribution >= 4 is 10.0 Å². The summed E-state index contributed by atoms with van der Waals surface area (Å²) in [6.45, 7) is 7.59. The second-order valence-corrected chi connectivity index (χ2v) is 7.40. The van der Waals surface area contributed by atoms with Gasteiger partial charge in [-0.3, -0.25) is 0 Å². The minimum atomic E-state index is -3.26. The molecule has 0 amide bonds. The lowest BCUT2D eigenvalue weighted by Gasteiger charge is -2.17. The van der Waals surface area contributed by atoms with Crippen LogP contribution in [0.5, 0.6) is 0 Å². The second kappa shape index (κ2) is 8.39. The molecule has 0 bridgehead atoms. The Morgan fingerprint density at radius 3 is 2.35 bits per heavy atom. The average Bonchev–Trinajstić information content (AvgIpc) is 2.46. The fourth-order valence-corrected chi connectivity index (χ4v) is 2.98. The Labute approximate surface area is 123 Å². The zero-order chi connectivity index (χ0) is 15.0. The Kier molecular flexibility index (Phi) is 7.19. The van der Waals surface area contributed by atoms with Crippen LogP contribution < -0.4 is 10.0 Å². The van der Waals surface area contributed by atoms with Gasteiger partial charge in [0, 0.05) is 13.1 Å². The highest BCUT2D eigenvalue weighted by Crippen LogP contribution is 2.13. The molecule has 0 heterocycles. The number of sulfonamides is 1. The van der Waals surface area contributed by atoms with Gasteiger partial charge in [-0.15, -0.1) is 0 Å². The van der Waals surface area contributed by atoms with E-state index in [1.54, 1.807) is 6.92 Å². The summed E-state index contributed by atoms with van der Waals surface area (Å²) in [6, 6.07) is 9.94. The maximum Gasteiger partial charge on any atom is 0.215 e. The van der Waals surface area contributed by atoms with Crippen LogP contribution in [0.3, 0.4) is 0 Å². The molecule has 0 saturated carbocycles. The predicted molar refractivity (Wildman–Crippen MR) is 84.4 cm³/mol. The number of nitrogens with one attached hydrogen (secondary N) is 2. The van der Waals surface area contributed by atoms with Crippen molar-refractivity contribution in [3.63, 3.8) is 0 Å². The summed E-state index contributed by atoms with van der Waals surface area (Å²) >= 11 is 0. The third-order valence-electron chi connectivity index (χ3n) is 3.35. The molecule has 4 nitrogen and oxygen atoms in total. The average molecular weight is 298 g/mol. The van der Waals surface area contributed by atoms with Crippen LogP contribution in [-0.4, -0.2) is 33.3 Å². The molecule has 5 heteroatoms. The number of benzene rings is 1. The first kappa shape index (κ1) is 17.1. The summed E-state index contributed by atoms with van der Waals surface area (Å²) in [7, 11) is -3.26. The van der Waals surface area contributed by atoms with Crippen LogP contribution in [0.25, 0.3) is 0 Å². The molecule has 0 radical (unpaired) electrons. The first-order chi connectivity index (χ1) is 9.47. The molecular weight excluding hydrogens is 272 g/mol. The van der Waals surface area contributed by atoms with E-state index in [0.717, 1.165) is 18.5 Å². The monoisotopic (exact) mass is 298 g/mol. The van der Waals surface area contributed by atoms with Gasteiger partial charge < -0.3 is 5.32 Å². The third kappa shape index (κ3) is 5.61. The molecule has 0 aliphatic rings.